The van der Waals surface area contributed by atoms with E-state index in [1.54, 1.807) is 41.4 Å². The minimum absolute atomic E-state index is 0.0109. The molecule has 2 amide bonds. The highest BCUT2D eigenvalue weighted by atomic mass is 127. The van der Waals surface area contributed by atoms with Crippen LogP contribution in [0.2, 0.25) is 0 Å². The molecule has 2 N–H and O–H groups in total. The van der Waals surface area contributed by atoms with Crippen molar-refractivity contribution in [1.82, 2.24) is 39.7 Å². The lowest BCUT2D eigenvalue weighted by atomic mass is 10.1. The quantitative estimate of drug-likeness (QED) is 0.129. The summed E-state index contributed by atoms with van der Waals surface area (Å²) in [4.78, 5) is 60.8. The van der Waals surface area contributed by atoms with E-state index < -0.39 is 22.9 Å². The summed E-state index contributed by atoms with van der Waals surface area (Å²) in [6, 6.07) is 10.2. The number of aromatic nitrogens is 6. The predicted octanol–water partition coefficient (Wildman–Crippen LogP) is 10.8. The van der Waals surface area contributed by atoms with Crippen LogP contribution in [-0.4, -0.2) is 168 Å². The number of morpholine rings is 2. The van der Waals surface area contributed by atoms with Crippen LogP contribution in [0.25, 0.3) is 31.0 Å². The summed E-state index contributed by atoms with van der Waals surface area (Å²) < 4.78 is 72.7. The standard InChI is InChI=1S/C27H36N6O4S.C19H30IN5O4.C8H4F3NS/c1-17-8-6-10-19-21(17)38-24(29-19)20-22(30-25(31-23(20)35-5)32-12-14-36-15-13-32)28-18-9-7-11-33(16-18)26(34)37-27(2,3)4;1-19(2,3)29-18(26)25-7-5-6-13(12-25)21-15-14(20)16(27-4)23-17(22-15)24-8-10-28-11-9-24;9-8(10,11)5-2-1-3-6-7(5)13-4-12-6/h6,8,10,18H,7,9,11-16H2,1-5H3,(H,28,30,31);13H,5-12H2,1-4H3,(H,21,22,23);1-4H/t18-;13-;/m11./s1. The van der Waals surface area contributed by atoms with E-state index in [-0.39, 0.29) is 29.0 Å². The number of benzene rings is 2. The Bertz CT molecular complexity index is 3070. The molecule has 26 heteroatoms. The first-order valence-corrected chi connectivity index (χ1v) is 29.3. The zero-order valence-electron chi connectivity index (χ0n) is 46.6. The van der Waals surface area contributed by atoms with E-state index in [4.69, 9.17) is 48.4 Å². The third kappa shape index (κ3) is 15.8. The highest BCUT2D eigenvalue weighted by molar-refractivity contribution is 14.1. The van der Waals surface area contributed by atoms with Gasteiger partial charge in [0, 0.05) is 64.4 Å². The van der Waals surface area contributed by atoms with Crippen molar-refractivity contribution in [2.45, 2.75) is 104 Å². The normalized spacial score (nSPS) is 18.2. The van der Waals surface area contributed by atoms with Crippen molar-refractivity contribution in [2.75, 3.05) is 113 Å². The molecule has 2 aromatic carbocycles. The van der Waals surface area contributed by atoms with Crippen LogP contribution in [0.4, 0.5) is 46.3 Å². The number of piperidine rings is 2. The van der Waals surface area contributed by atoms with Crippen molar-refractivity contribution in [2.24, 2.45) is 0 Å². The number of halogens is 4. The number of ether oxygens (including phenoxy) is 6. The number of nitrogens with zero attached hydrogens (tertiary/aromatic N) is 10. The summed E-state index contributed by atoms with van der Waals surface area (Å²) in [7, 11) is 3.24. The summed E-state index contributed by atoms with van der Waals surface area (Å²) in [6.45, 7) is 21.3. The average molecular weight is 1260 g/mol. The number of amides is 2. The summed E-state index contributed by atoms with van der Waals surface area (Å²) in [6.07, 6.45) is -1.22. The van der Waals surface area contributed by atoms with Crippen LogP contribution in [0.15, 0.2) is 41.9 Å². The minimum Gasteiger partial charge on any atom is -0.480 e. The Morgan fingerprint density at radius 1 is 0.675 bits per heavy atom. The van der Waals surface area contributed by atoms with E-state index in [2.05, 4.69) is 66.0 Å². The number of carbonyl (C=O) groups is 2. The number of carbonyl (C=O) groups excluding carboxylic acids is 2. The van der Waals surface area contributed by atoms with Gasteiger partial charge in [-0.25, -0.2) is 19.6 Å². The molecule has 4 aromatic heterocycles. The molecule has 0 radical (unpaired) electrons. The molecule has 10 rings (SSSR count). The van der Waals surface area contributed by atoms with Crippen LogP contribution in [0.1, 0.15) is 78.4 Å². The maximum absolute atomic E-state index is 12.8. The van der Waals surface area contributed by atoms with E-state index in [0.29, 0.717) is 101 Å². The molecule has 4 saturated heterocycles. The first kappa shape index (κ1) is 60.3. The molecule has 6 aromatic rings. The van der Waals surface area contributed by atoms with E-state index in [9.17, 15) is 22.8 Å². The first-order chi connectivity index (χ1) is 38.1. The highest BCUT2D eigenvalue weighted by Crippen LogP contribution is 2.42. The molecule has 80 heavy (non-hydrogen) atoms. The number of hydrogen-bond acceptors (Lipinski definition) is 20. The van der Waals surface area contributed by atoms with E-state index >= 15 is 0 Å². The molecular weight excluding hydrogens is 1190 g/mol. The molecule has 0 aliphatic carbocycles. The smallest absolute Gasteiger partial charge is 0.417 e. The van der Waals surface area contributed by atoms with Crippen LogP contribution < -0.4 is 29.9 Å². The molecule has 4 aliphatic heterocycles. The fraction of sp³-hybridized carbons (Fsp3) is 0.556. The average Bonchev–Trinajstić information content (AvgIpc) is 4.12. The number of methoxy groups -OCH3 is 2. The second kappa shape index (κ2) is 26.4. The van der Waals surface area contributed by atoms with Gasteiger partial charge in [-0.2, -0.15) is 33.1 Å². The van der Waals surface area contributed by atoms with Gasteiger partial charge < -0.3 is 58.7 Å². The number of fused-ring (bicyclic) bond motifs is 2. The van der Waals surface area contributed by atoms with Gasteiger partial charge in [-0.1, -0.05) is 18.2 Å². The lowest BCUT2D eigenvalue weighted by Gasteiger charge is -2.35. The fourth-order valence-corrected chi connectivity index (χ4v) is 11.7. The van der Waals surface area contributed by atoms with Gasteiger partial charge in [0.1, 0.15) is 37.0 Å². The number of thiazole rings is 2. The molecule has 0 spiro atoms. The van der Waals surface area contributed by atoms with Gasteiger partial charge in [-0.05, 0) is 121 Å². The molecule has 4 fully saturated rings. The molecule has 4 aliphatic rings. The lowest BCUT2D eigenvalue weighted by Crippen LogP contribution is -2.47. The lowest BCUT2D eigenvalue weighted by molar-refractivity contribution is -0.136. The van der Waals surface area contributed by atoms with E-state index in [0.717, 1.165) is 86.4 Å². The molecule has 8 heterocycles. The number of hydrogen-bond donors (Lipinski definition) is 2. The van der Waals surface area contributed by atoms with Crippen molar-refractivity contribution in [3.05, 3.63) is 56.6 Å². The Hall–Kier alpha value is -5.84. The van der Waals surface area contributed by atoms with Crippen LogP contribution in [0, 0.1) is 10.5 Å². The van der Waals surface area contributed by atoms with Crippen LogP contribution in [-0.2, 0) is 25.1 Å². The minimum atomic E-state index is -4.29. The maximum Gasteiger partial charge on any atom is 0.417 e. The summed E-state index contributed by atoms with van der Waals surface area (Å²) in [5.41, 5.74) is 3.02. The number of aryl methyl sites for hydroxylation is 1. The summed E-state index contributed by atoms with van der Waals surface area (Å²) >= 11 is 4.82. The summed E-state index contributed by atoms with van der Waals surface area (Å²) in [5.74, 6) is 3.63. The molecule has 434 valence electrons. The van der Waals surface area contributed by atoms with Crippen LogP contribution >= 0.6 is 45.3 Å². The molecule has 0 saturated carbocycles. The Balaban J connectivity index is 0.000000176. The van der Waals surface area contributed by atoms with Gasteiger partial charge in [0.15, 0.2) is 0 Å². The number of alkyl halides is 3. The van der Waals surface area contributed by atoms with Crippen molar-refractivity contribution in [3.8, 4) is 22.3 Å². The Morgan fingerprint density at radius 2 is 1.19 bits per heavy atom. The Kier molecular flexibility index (Phi) is 19.9. The van der Waals surface area contributed by atoms with Gasteiger partial charge >= 0.3 is 18.4 Å². The number of nitrogens with one attached hydrogen (secondary N) is 2. The number of anilines is 4. The molecule has 0 bridgehead atoms. The highest BCUT2D eigenvalue weighted by Gasteiger charge is 2.34. The van der Waals surface area contributed by atoms with Gasteiger partial charge in [0.2, 0.25) is 23.7 Å². The van der Waals surface area contributed by atoms with Gasteiger partial charge in [0.25, 0.3) is 0 Å². The maximum atomic E-state index is 12.8. The largest absolute Gasteiger partial charge is 0.480 e. The molecular formula is C54H70F3IN12O8S2. The van der Waals surface area contributed by atoms with Gasteiger partial charge in [-0.15, -0.1) is 22.7 Å². The Labute approximate surface area is 485 Å². The van der Waals surface area contributed by atoms with E-state index in [1.807, 2.05) is 53.7 Å². The second-order valence-corrected chi connectivity index (χ2v) is 24.3. The van der Waals surface area contributed by atoms with Gasteiger partial charge in [0.05, 0.1) is 72.2 Å². The number of rotatable bonds is 9. The Morgan fingerprint density at radius 3 is 1.71 bits per heavy atom. The zero-order chi connectivity index (χ0) is 57.4. The monoisotopic (exact) mass is 1260 g/mol. The third-order valence-corrected chi connectivity index (χ3v) is 16.0. The molecule has 20 nitrogen and oxygen atoms in total. The van der Waals surface area contributed by atoms with Gasteiger partial charge in [-0.3, -0.25) is 0 Å². The van der Waals surface area contributed by atoms with E-state index in [1.165, 1.54) is 17.1 Å². The fourth-order valence-electron chi connectivity index (χ4n) is 9.19. The SMILES string of the molecule is COc1nc(N2CCOCC2)nc(N[C@@H]2CCCN(C(=O)OC(C)(C)C)C2)c1-c1nc2cccc(C)c2s1.COc1nc(N2CCOCC2)nc(N[C@@H]2CCCN(C(=O)OC(C)(C)C)C2)c1I.FC(F)(F)c1cccc2ncsc12. The van der Waals surface area contributed by atoms with Crippen LogP contribution in [0.5, 0.6) is 11.8 Å². The number of likely N-dealkylation sites (tertiary alicyclic amines) is 2. The molecule has 0 unspecified atom stereocenters. The van der Waals surface area contributed by atoms with Crippen molar-refractivity contribution in [3.63, 3.8) is 0 Å². The predicted molar refractivity (Wildman–Crippen MR) is 313 cm³/mol. The van der Waals surface area contributed by atoms with Crippen molar-refractivity contribution < 1.29 is 51.2 Å². The first-order valence-electron chi connectivity index (χ1n) is 26.5. The second-order valence-electron chi connectivity index (χ2n) is 21.4. The van der Waals surface area contributed by atoms with Crippen molar-refractivity contribution >= 4 is 101 Å². The third-order valence-electron chi connectivity index (χ3n) is 13.0. The van der Waals surface area contributed by atoms with Crippen LogP contribution in [0.3, 0.4) is 0 Å². The van der Waals surface area contributed by atoms with Crippen molar-refractivity contribution in [1.29, 1.82) is 0 Å². The zero-order valence-corrected chi connectivity index (χ0v) is 50.4. The summed E-state index contributed by atoms with van der Waals surface area (Å²) in [5, 5.41) is 7.94. The topological polar surface area (TPSA) is 204 Å². The molecule has 2 atom stereocenters.